The number of aromatic nitrogens is 2. The molecule has 1 aromatic rings. The van der Waals surface area contributed by atoms with Gasteiger partial charge in [-0.05, 0) is 44.9 Å². The smallest absolute Gasteiger partial charge is 0.227 e. The SMILES string of the molecule is O=C(CC1(O)CCCC1)Nc1cnn(C[C@@H]2CCCCN2C(=O)CC2(O)CCCC2)c1. The van der Waals surface area contributed by atoms with Crippen LogP contribution in [0.3, 0.4) is 0 Å². The van der Waals surface area contributed by atoms with Gasteiger partial charge < -0.3 is 20.4 Å². The van der Waals surface area contributed by atoms with Crippen molar-refractivity contribution in [1.29, 1.82) is 0 Å². The average molecular weight is 433 g/mol. The molecule has 8 nitrogen and oxygen atoms in total. The number of likely N-dealkylation sites (tertiary alicyclic amines) is 1. The van der Waals surface area contributed by atoms with E-state index >= 15 is 0 Å². The molecule has 1 saturated heterocycles. The first-order chi connectivity index (χ1) is 14.8. The van der Waals surface area contributed by atoms with Crippen molar-refractivity contribution in [1.82, 2.24) is 14.7 Å². The molecule has 0 radical (unpaired) electrons. The number of hydrogen-bond donors (Lipinski definition) is 3. The molecule has 2 aliphatic carbocycles. The van der Waals surface area contributed by atoms with E-state index in [0.29, 0.717) is 37.9 Å². The zero-order valence-electron chi connectivity index (χ0n) is 18.4. The van der Waals surface area contributed by atoms with E-state index in [9.17, 15) is 19.8 Å². The first kappa shape index (κ1) is 22.3. The van der Waals surface area contributed by atoms with E-state index in [4.69, 9.17) is 0 Å². The normalized spacial score (nSPS) is 25.0. The van der Waals surface area contributed by atoms with Crippen LogP contribution in [0, 0.1) is 0 Å². The van der Waals surface area contributed by atoms with Crippen LogP contribution in [0.25, 0.3) is 0 Å². The number of rotatable bonds is 7. The summed E-state index contributed by atoms with van der Waals surface area (Å²) in [7, 11) is 0. The molecule has 8 heteroatoms. The molecule has 4 rings (SSSR count). The van der Waals surface area contributed by atoms with Crippen molar-refractivity contribution in [2.75, 3.05) is 11.9 Å². The summed E-state index contributed by atoms with van der Waals surface area (Å²) in [5.74, 6) is -0.150. The summed E-state index contributed by atoms with van der Waals surface area (Å²) < 4.78 is 1.78. The molecule has 2 saturated carbocycles. The Bertz CT molecular complexity index is 780. The van der Waals surface area contributed by atoms with Gasteiger partial charge >= 0.3 is 0 Å². The van der Waals surface area contributed by atoms with Gasteiger partial charge in [-0.15, -0.1) is 0 Å². The van der Waals surface area contributed by atoms with Crippen molar-refractivity contribution in [2.24, 2.45) is 0 Å². The van der Waals surface area contributed by atoms with Gasteiger partial charge in [-0.1, -0.05) is 25.7 Å². The summed E-state index contributed by atoms with van der Waals surface area (Å²) in [6, 6.07) is 0.0499. The molecule has 0 spiro atoms. The van der Waals surface area contributed by atoms with Crippen LogP contribution < -0.4 is 5.32 Å². The second kappa shape index (κ2) is 9.28. The maximum Gasteiger partial charge on any atom is 0.227 e. The average Bonchev–Trinajstić information content (AvgIpc) is 3.45. The van der Waals surface area contributed by atoms with Crippen molar-refractivity contribution >= 4 is 17.5 Å². The third-order valence-corrected chi connectivity index (χ3v) is 7.30. The second-order valence-corrected chi connectivity index (χ2v) is 9.95. The monoisotopic (exact) mass is 432 g/mol. The molecule has 0 aromatic carbocycles. The number of hydrogen-bond acceptors (Lipinski definition) is 5. The molecule has 3 fully saturated rings. The van der Waals surface area contributed by atoms with Crippen molar-refractivity contribution in [3.05, 3.63) is 12.4 Å². The fourth-order valence-electron chi connectivity index (χ4n) is 5.57. The van der Waals surface area contributed by atoms with Gasteiger partial charge in [-0.2, -0.15) is 5.10 Å². The Morgan fingerprint density at radius 3 is 2.32 bits per heavy atom. The molecule has 2 amide bonds. The highest BCUT2D eigenvalue weighted by molar-refractivity contribution is 5.91. The Morgan fingerprint density at radius 2 is 1.65 bits per heavy atom. The molecule has 3 N–H and O–H groups in total. The summed E-state index contributed by atoms with van der Waals surface area (Å²) in [6.45, 7) is 1.30. The van der Waals surface area contributed by atoms with Gasteiger partial charge in [-0.3, -0.25) is 14.3 Å². The van der Waals surface area contributed by atoms with Gasteiger partial charge in [0.25, 0.3) is 0 Å². The molecule has 0 unspecified atom stereocenters. The molecule has 1 aliphatic heterocycles. The minimum Gasteiger partial charge on any atom is -0.389 e. The Balaban J connectivity index is 1.32. The zero-order valence-corrected chi connectivity index (χ0v) is 18.4. The minimum atomic E-state index is -0.869. The van der Waals surface area contributed by atoms with Crippen LogP contribution in [0.15, 0.2) is 12.4 Å². The van der Waals surface area contributed by atoms with Gasteiger partial charge in [0.2, 0.25) is 11.8 Å². The van der Waals surface area contributed by atoms with Crippen molar-refractivity contribution in [3.63, 3.8) is 0 Å². The van der Waals surface area contributed by atoms with Crippen molar-refractivity contribution in [3.8, 4) is 0 Å². The van der Waals surface area contributed by atoms with Crippen LogP contribution in [0.2, 0.25) is 0 Å². The number of nitrogens with one attached hydrogen (secondary N) is 1. The topological polar surface area (TPSA) is 108 Å². The summed E-state index contributed by atoms with van der Waals surface area (Å²) in [6.07, 6.45) is 13.4. The molecule has 31 heavy (non-hydrogen) atoms. The number of anilines is 1. The van der Waals surface area contributed by atoms with Crippen LogP contribution in [-0.2, 0) is 16.1 Å². The quantitative estimate of drug-likeness (QED) is 0.614. The largest absolute Gasteiger partial charge is 0.389 e. The maximum absolute atomic E-state index is 13.0. The van der Waals surface area contributed by atoms with Gasteiger partial charge in [0.05, 0.1) is 48.5 Å². The van der Waals surface area contributed by atoms with Crippen LogP contribution in [0.1, 0.15) is 83.5 Å². The van der Waals surface area contributed by atoms with Crippen LogP contribution >= 0.6 is 0 Å². The number of nitrogens with zero attached hydrogens (tertiary/aromatic N) is 3. The number of aliphatic hydroxyl groups is 2. The molecule has 1 aromatic heterocycles. The van der Waals surface area contributed by atoms with Gasteiger partial charge in [-0.25, -0.2) is 0 Å². The molecule has 0 bridgehead atoms. The Hall–Kier alpha value is -1.93. The molecule has 1 atom stereocenters. The molecule has 172 valence electrons. The highest BCUT2D eigenvalue weighted by atomic mass is 16.3. The van der Waals surface area contributed by atoms with Gasteiger partial charge in [0.1, 0.15) is 0 Å². The van der Waals surface area contributed by atoms with Gasteiger partial charge in [0, 0.05) is 12.7 Å². The van der Waals surface area contributed by atoms with Crippen molar-refractivity contribution < 1.29 is 19.8 Å². The van der Waals surface area contributed by atoms with E-state index < -0.39 is 11.2 Å². The predicted octanol–water partition coefficient (Wildman–Crippen LogP) is 2.59. The lowest BCUT2D eigenvalue weighted by Crippen LogP contribution is -2.48. The predicted molar refractivity (Wildman–Crippen MR) is 116 cm³/mol. The number of carbonyl (C=O) groups excluding carboxylic acids is 2. The third-order valence-electron chi connectivity index (χ3n) is 7.30. The molecule has 3 aliphatic rings. The Kier molecular flexibility index (Phi) is 6.67. The van der Waals surface area contributed by atoms with Crippen LogP contribution in [-0.4, -0.2) is 60.5 Å². The summed E-state index contributed by atoms with van der Waals surface area (Å²) >= 11 is 0. The lowest BCUT2D eigenvalue weighted by molar-refractivity contribution is -0.140. The Labute approximate surface area is 184 Å². The fraction of sp³-hybridized carbons (Fsp3) is 0.783. The number of piperidine rings is 1. The zero-order chi connectivity index (χ0) is 21.9. The minimum absolute atomic E-state index is 0.0413. The highest BCUT2D eigenvalue weighted by Gasteiger charge is 2.37. The van der Waals surface area contributed by atoms with E-state index in [1.165, 1.54) is 0 Å². The summed E-state index contributed by atoms with van der Waals surface area (Å²) in [5.41, 5.74) is -1.08. The van der Waals surface area contributed by atoms with Crippen LogP contribution in [0.5, 0.6) is 0 Å². The van der Waals surface area contributed by atoms with Gasteiger partial charge in [0.15, 0.2) is 0 Å². The lowest BCUT2D eigenvalue weighted by atomic mass is 9.95. The molecular formula is C23H36N4O4. The van der Waals surface area contributed by atoms with E-state index in [-0.39, 0.29) is 30.7 Å². The standard InChI is InChI=1S/C23H36N4O4/c28-20(13-22(30)8-2-3-9-22)25-18-15-24-26(16-18)17-19-7-1-6-12-27(19)21(29)14-23(31)10-4-5-11-23/h15-16,19,30-31H,1-14,17H2,(H,25,28)/t19-/m0/s1. The Morgan fingerprint density at radius 1 is 1.00 bits per heavy atom. The van der Waals surface area contributed by atoms with Crippen LogP contribution in [0.4, 0.5) is 5.69 Å². The molecule has 2 heterocycles. The first-order valence-electron chi connectivity index (χ1n) is 11.9. The first-order valence-corrected chi connectivity index (χ1v) is 11.9. The molecular weight excluding hydrogens is 396 g/mol. The highest BCUT2D eigenvalue weighted by Crippen LogP contribution is 2.34. The van der Waals surface area contributed by atoms with E-state index in [1.54, 1.807) is 17.1 Å². The van der Waals surface area contributed by atoms with E-state index in [2.05, 4.69) is 10.4 Å². The number of amides is 2. The third kappa shape index (κ3) is 5.66. The second-order valence-electron chi connectivity index (χ2n) is 9.95. The van der Waals surface area contributed by atoms with Crippen molar-refractivity contribution in [2.45, 2.75) is 107 Å². The fourth-order valence-corrected chi connectivity index (χ4v) is 5.57. The van der Waals surface area contributed by atoms with E-state index in [0.717, 1.165) is 51.5 Å². The number of carbonyl (C=O) groups is 2. The maximum atomic E-state index is 13.0. The lowest BCUT2D eigenvalue weighted by Gasteiger charge is -2.37. The summed E-state index contributed by atoms with van der Waals surface area (Å²) in [5, 5.41) is 28.3. The van der Waals surface area contributed by atoms with E-state index in [1.807, 2.05) is 4.90 Å². The summed E-state index contributed by atoms with van der Waals surface area (Å²) in [4.78, 5) is 27.2.